The molecule has 3 rings (SSSR count). The summed E-state index contributed by atoms with van der Waals surface area (Å²) in [4.78, 5) is 4.59. The standard InChI is InChI=1S/C14H13N5/c15-18-10-6-13-11(14(7-10)19-16)8-12(17-13)9-4-2-1-3-5-9/h1-6,8H,7,15-16H2/b18-10-,19-14-. The van der Waals surface area contributed by atoms with Gasteiger partial charge in [0, 0.05) is 17.6 Å². The van der Waals surface area contributed by atoms with Crippen LogP contribution >= 0.6 is 0 Å². The van der Waals surface area contributed by atoms with Crippen molar-refractivity contribution in [3.05, 3.63) is 59.3 Å². The second kappa shape index (κ2) is 4.53. The van der Waals surface area contributed by atoms with Gasteiger partial charge in [-0.2, -0.15) is 10.2 Å². The summed E-state index contributed by atoms with van der Waals surface area (Å²) in [5, 5.41) is 7.53. The summed E-state index contributed by atoms with van der Waals surface area (Å²) in [5.74, 6) is 10.8. The second-order valence-electron chi connectivity index (χ2n) is 4.32. The Bertz CT molecular complexity index is 662. The van der Waals surface area contributed by atoms with Gasteiger partial charge >= 0.3 is 0 Å². The van der Waals surface area contributed by atoms with Crippen LogP contribution in [0, 0.1) is 0 Å². The number of nitrogens with two attached hydrogens (primary N) is 2. The Morgan fingerprint density at radius 3 is 2.47 bits per heavy atom. The van der Waals surface area contributed by atoms with Crippen LogP contribution in [-0.4, -0.2) is 17.1 Å². The summed E-state index contributed by atoms with van der Waals surface area (Å²) in [6.07, 6.45) is 4.41. The first-order chi connectivity index (χ1) is 9.31. The van der Waals surface area contributed by atoms with Gasteiger partial charge < -0.3 is 11.7 Å². The normalized spacial score (nSPS) is 22.0. The lowest BCUT2D eigenvalue weighted by Gasteiger charge is -2.12. The highest BCUT2D eigenvalue weighted by Crippen LogP contribution is 2.28. The van der Waals surface area contributed by atoms with Gasteiger partial charge in [-0.15, -0.1) is 0 Å². The summed E-state index contributed by atoms with van der Waals surface area (Å²) in [6.45, 7) is 0. The molecular formula is C14H13N5. The molecule has 1 aromatic carbocycles. The molecular weight excluding hydrogens is 238 g/mol. The van der Waals surface area contributed by atoms with Crippen molar-refractivity contribution in [2.75, 3.05) is 0 Å². The van der Waals surface area contributed by atoms with E-state index in [9.17, 15) is 0 Å². The average molecular weight is 251 g/mol. The van der Waals surface area contributed by atoms with Gasteiger partial charge in [-0.3, -0.25) is 0 Å². The van der Waals surface area contributed by atoms with Crippen molar-refractivity contribution in [3.63, 3.8) is 0 Å². The lowest BCUT2D eigenvalue weighted by atomic mass is 9.95. The minimum Gasteiger partial charge on any atom is -0.323 e. The van der Waals surface area contributed by atoms with Gasteiger partial charge in [-0.05, 0) is 12.2 Å². The van der Waals surface area contributed by atoms with E-state index in [-0.39, 0.29) is 0 Å². The van der Waals surface area contributed by atoms with Crippen LogP contribution in [-0.2, 0) is 0 Å². The molecule has 0 unspecified atom stereocenters. The first-order valence-corrected chi connectivity index (χ1v) is 5.93. The summed E-state index contributed by atoms with van der Waals surface area (Å²) < 4.78 is 0. The number of allylic oxidation sites excluding steroid dienone is 3. The summed E-state index contributed by atoms with van der Waals surface area (Å²) in [6, 6.07) is 9.98. The molecule has 19 heavy (non-hydrogen) atoms. The molecule has 0 saturated carbocycles. The van der Waals surface area contributed by atoms with Crippen LogP contribution in [0.1, 0.15) is 12.0 Å². The molecule has 0 atom stereocenters. The molecule has 0 fully saturated rings. The lowest BCUT2D eigenvalue weighted by molar-refractivity contribution is 1.18. The van der Waals surface area contributed by atoms with Gasteiger partial charge in [-0.1, -0.05) is 30.3 Å². The van der Waals surface area contributed by atoms with Gasteiger partial charge in [0.15, 0.2) is 0 Å². The van der Waals surface area contributed by atoms with E-state index in [1.165, 1.54) is 0 Å². The molecule has 4 N–H and O–H groups in total. The summed E-state index contributed by atoms with van der Waals surface area (Å²) in [5.41, 5.74) is 5.23. The Morgan fingerprint density at radius 2 is 1.79 bits per heavy atom. The fourth-order valence-corrected chi connectivity index (χ4v) is 2.20. The third-order valence-corrected chi connectivity index (χ3v) is 3.15. The molecule has 1 heterocycles. The predicted molar refractivity (Wildman–Crippen MR) is 77.0 cm³/mol. The average Bonchev–Trinajstić information content (AvgIpc) is 2.91. The molecule has 1 aromatic rings. The fourth-order valence-electron chi connectivity index (χ4n) is 2.20. The smallest absolute Gasteiger partial charge is 0.0755 e. The van der Waals surface area contributed by atoms with Gasteiger partial charge in [0.1, 0.15) is 0 Å². The number of fused-ring (bicyclic) bond motifs is 1. The Labute approximate surface area is 110 Å². The van der Waals surface area contributed by atoms with Crippen LogP contribution in [0.25, 0.3) is 0 Å². The van der Waals surface area contributed by atoms with Crippen molar-refractivity contribution < 1.29 is 0 Å². The highest BCUT2D eigenvalue weighted by atomic mass is 15.1. The van der Waals surface area contributed by atoms with Crippen LogP contribution < -0.4 is 11.7 Å². The Hall–Kier alpha value is -2.69. The lowest BCUT2D eigenvalue weighted by Crippen LogP contribution is -2.18. The molecule has 0 aromatic heterocycles. The van der Waals surface area contributed by atoms with E-state index in [1.807, 2.05) is 42.5 Å². The predicted octanol–water partition coefficient (Wildman–Crippen LogP) is 1.33. The van der Waals surface area contributed by atoms with Crippen LogP contribution in [0.5, 0.6) is 0 Å². The maximum absolute atomic E-state index is 5.43. The first-order valence-electron chi connectivity index (χ1n) is 5.93. The Kier molecular flexibility index (Phi) is 2.72. The maximum Gasteiger partial charge on any atom is 0.0755 e. The topological polar surface area (TPSA) is 89.1 Å². The van der Waals surface area contributed by atoms with Crippen molar-refractivity contribution in [2.45, 2.75) is 6.42 Å². The molecule has 1 aliphatic heterocycles. The monoisotopic (exact) mass is 251 g/mol. The SMILES string of the molecule is N/N=C1/C/C(=N\N)C=C2N=C(c3ccccc3)C=C21. The van der Waals surface area contributed by atoms with E-state index in [1.54, 1.807) is 0 Å². The van der Waals surface area contributed by atoms with Crippen molar-refractivity contribution in [1.82, 2.24) is 0 Å². The van der Waals surface area contributed by atoms with E-state index in [4.69, 9.17) is 11.7 Å². The molecule has 1 aliphatic carbocycles. The number of hydrogen-bond acceptors (Lipinski definition) is 5. The molecule has 0 radical (unpaired) electrons. The van der Waals surface area contributed by atoms with Crippen LogP contribution in [0.4, 0.5) is 0 Å². The quantitative estimate of drug-likeness (QED) is 0.582. The van der Waals surface area contributed by atoms with E-state index in [0.29, 0.717) is 6.42 Å². The van der Waals surface area contributed by atoms with Crippen molar-refractivity contribution in [3.8, 4) is 0 Å². The van der Waals surface area contributed by atoms with E-state index in [0.717, 1.165) is 34.0 Å². The molecule has 0 spiro atoms. The number of benzene rings is 1. The minimum atomic E-state index is 0.542. The van der Waals surface area contributed by atoms with Crippen molar-refractivity contribution in [2.24, 2.45) is 26.9 Å². The maximum atomic E-state index is 5.43. The number of hydrazone groups is 2. The van der Waals surface area contributed by atoms with E-state index < -0.39 is 0 Å². The Balaban J connectivity index is 2.08. The molecule has 94 valence electrons. The number of hydrogen-bond donors (Lipinski definition) is 2. The van der Waals surface area contributed by atoms with Crippen LogP contribution in [0.3, 0.4) is 0 Å². The number of nitrogens with zero attached hydrogens (tertiary/aromatic N) is 3. The fraction of sp³-hybridized carbons (Fsp3) is 0.0714. The zero-order valence-electron chi connectivity index (χ0n) is 10.2. The highest BCUT2D eigenvalue weighted by molar-refractivity contribution is 6.27. The molecule has 5 heteroatoms. The summed E-state index contributed by atoms with van der Waals surface area (Å²) in [7, 11) is 0. The van der Waals surface area contributed by atoms with Gasteiger partial charge in [0.05, 0.1) is 22.8 Å². The Morgan fingerprint density at radius 1 is 1.00 bits per heavy atom. The van der Waals surface area contributed by atoms with Crippen molar-refractivity contribution >= 4 is 17.1 Å². The van der Waals surface area contributed by atoms with Crippen molar-refractivity contribution in [1.29, 1.82) is 0 Å². The highest BCUT2D eigenvalue weighted by Gasteiger charge is 2.25. The molecule has 0 saturated heterocycles. The molecule has 0 amide bonds. The second-order valence-corrected chi connectivity index (χ2v) is 4.32. The zero-order valence-corrected chi connectivity index (χ0v) is 10.2. The number of rotatable bonds is 1. The molecule has 0 bridgehead atoms. The number of aliphatic imine (C=N–C) groups is 1. The van der Waals surface area contributed by atoms with Gasteiger partial charge in [-0.25, -0.2) is 4.99 Å². The molecule has 2 aliphatic rings. The van der Waals surface area contributed by atoms with Crippen LogP contribution in [0.15, 0.2) is 68.9 Å². The zero-order chi connectivity index (χ0) is 13.2. The third-order valence-electron chi connectivity index (χ3n) is 3.15. The van der Waals surface area contributed by atoms with Gasteiger partial charge in [0.2, 0.25) is 0 Å². The van der Waals surface area contributed by atoms with E-state index >= 15 is 0 Å². The third kappa shape index (κ3) is 1.95. The van der Waals surface area contributed by atoms with Gasteiger partial charge in [0.25, 0.3) is 0 Å². The molecule has 5 nitrogen and oxygen atoms in total. The summed E-state index contributed by atoms with van der Waals surface area (Å²) >= 11 is 0. The van der Waals surface area contributed by atoms with Crippen LogP contribution in [0.2, 0.25) is 0 Å². The minimum absolute atomic E-state index is 0.542. The largest absolute Gasteiger partial charge is 0.323 e. The first kappa shape index (κ1) is 11.4. The van der Waals surface area contributed by atoms with E-state index in [2.05, 4.69) is 15.2 Å².